The Kier molecular flexibility index (Phi) is 6.46. The Labute approximate surface area is 185 Å². The minimum Gasteiger partial charge on any atom is -0.206 e. The second-order valence-corrected chi connectivity index (χ2v) is 8.15. The van der Waals surface area contributed by atoms with Gasteiger partial charge in [0.15, 0.2) is 0 Å². The first-order valence-electron chi connectivity index (χ1n) is 10.6. The molecule has 0 heterocycles. The van der Waals surface area contributed by atoms with Gasteiger partial charge >= 0.3 is 0 Å². The molecule has 1 aliphatic rings. The highest BCUT2D eigenvalue weighted by molar-refractivity contribution is 5.90. The summed E-state index contributed by atoms with van der Waals surface area (Å²) >= 11 is 0. The molecule has 0 aromatic heterocycles. The lowest BCUT2D eigenvalue weighted by Gasteiger charge is -2.22. The molecule has 162 valence electrons. The smallest absolute Gasteiger partial charge is 0.206 e. The summed E-state index contributed by atoms with van der Waals surface area (Å²) in [6, 6.07) is 13.6. The van der Waals surface area contributed by atoms with Gasteiger partial charge in [0.1, 0.15) is 11.6 Å². The maximum atomic E-state index is 14.5. The maximum absolute atomic E-state index is 14.5. The zero-order valence-corrected chi connectivity index (χ0v) is 17.5. The molecule has 0 spiro atoms. The summed E-state index contributed by atoms with van der Waals surface area (Å²) in [5.41, 5.74) is 1.84. The molecular weight excluding hydrogens is 412 g/mol. The van der Waals surface area contributed by atoms with Crippen molar-refractivity contribution < 1.29 is 17.6 Å². The first-order valence-corrected chi connectivity index (χ1v) is 10.6. The number of rotatable bonds is 3. The standard InChI is InChI=1S/C28H22F4/c1-2-18-3-5-19(6-4-18)7-8-20-9-11-21(12-10-20)22-13-14-24-23(15-22)16-26(29)25(28(24)32)17-27(30)31/h2,9-19H,1,3-6H2. The van der Waals surface area contributed by atoms with E-state index in [0.29, 0.717) is 17.2 Å². The van der Waals surface area contributed by atoms with E-state index in [1.54, 1.807) is 12.1 Å². The van der Waals surface area contributed by atoms with Gasteiger partial charge in [-0.1, -0.05) is 42.2 Å². The Hall–Kier alpha value is -3.32. The third-order valence-corrected chi connectivity index (χ3v) is 6.06. The third-order valence-electron chi connectivity index (χ3n) is 6.06. The van der Waals surface area contributed by atoms with E-state index in [2.05, 4.69) is 18.4 Å². The van der Waals surface area contributed by atoms with Crippen LogP contribution in [0.1, 0.15) is 36.8 Å². The number of fused-ring (bicyclic) bond motifs is 1. The minimum atomic E-state index is -2.15. The van der Waals surface area contributed by atoms with Crippen molar-refractivity contribution in [2.24, 2.45) is 11.8 Å². The molecule has 4 heteroatoms. The van der Waals surface area contributed by atoms with Crippen molar-refractivity contribution in [3.05, 3.63) is 90.0 Å². The molecule has 0 bridgehead atoms. The number of allylic oxidation sites excluding steroid dienone is 1. The summed E-state index contributed by atoms with van der Waals surface area (Å²) < 4.78 is 53.7. The largest absolute Gasteiger partial charge is 0.271 e. The predicted octanol–water partition coefficient (Wildman–Crippen LogP) is 8.37. The first kappa shape index (κ1) is 21.9. The van der Waals surface area contributed by atoms with E-state index in [4.69, 9.17) is 0 Å². The van der Waals surface area contributed by atoms with Gasteiger partial charge in [-0.15, -0.1) is 6.58 Å². The van der Waals surface area contributed by atoms with E-state index in [0.717, 1.165) is 48.4 Å². The normalized spacial score (nSPS) is 18.0. The Morgan fingerprint density at radius 1 is 0.906 bits per heavy atom. The topological polar surface area (TPSA) is 0 Å². The molecule has 1 fully saturated rings. The van der Waals surface area contributed by atoms with Crippen LogP contribution in [0.5, 0.6) is 0 Å². The fourth-order valence-electron chi connectivity index (χ4n) is 4.20. The monoisotopic (exact) mass is 434 g/mol. The fraction of sp³-hybridized carbons (Fsp3) is 0.214. The molecule has 3 aromatic carbocycles. The van der Waals surface area contributed by atoms with Crippen molar-refractivity contribution in [3.63, 3.8) is 0 Å². The first-order chi connectivity index (χ1) is 15.4. The lowest BCUT2D eigenvalue weighted by Crippen LogP contribution is -2.11. The summed E-state index contributed by atoms with van der Waals surface area (Å²) in [5.74, 6) is 5.64. The minimum absolute atomic E-state index is 0.0938. The van der Waals surface area contributed by atoms with E-state index >= 15 is 0 Å². The van der Waals surface area contributed by atoms with Gasteiger partial charge < -0.3 is 0 Å². The van der Waals surface area contributed by atoms with Gasteiger partial charge in [-0.3, -0.25) is 0 Å². The summed E-state index contributed by atoms with van der Waals surface area (Å²) in [4.78, 5) is 0. The number of benzene rings is 3. The molecule has 1 aliphatic carbocycles. The van der Waals surface area contributed by atoms with E-state index in [1.165, 1.54) is 6.07 Å². The molecule has 0 amide bonds. The van der Waals surface area contributed by atoms with Gasteiger partial charge in [-0.05, 0) is 72.4 Å². The van der Waals surface area contributed by atoms with Crippen molar-refractivity contribution in [2.75, 3.05) is 0 Å². The maximum Gasteiger partial charge on any atom is 0.271 e. The summed E-state index contributed by atoms with van der Waals surface area (Å²) in [6.45, 7) is 3.87. The molecule has 3 aromatic rings. The van der Waals surface area contributed by atoms with Gasteiger partial charge in [0, 0.05) is 22.9 Å². The quantitative estimate of drug-likeness (QED) is 0.221. The van der Waals surface area contributed by atoms with Crippen LogP contribution in [0.25, 0.3) is 28.0 Å². The van der Waals surface area contributed by atoms with Gasteiger partial charge in [0.2, 0.25) is 0 Å². The van der Waals surface area contributed by atoms with Crippen LogP contribution in [0.4, 0.5) is 17.6 Å². The molecule has 0 saturated heterocycles. The van der Waals surface area contributed by atoms with Crippen LogP contribution in [0.15, 0.2) is 67.3 Å². The second kappa shape index (κ2) is 9.44. The Morgan fingerprint density at radius 3 is 2.25 bits per heavy atom. The summed E-state index contributed by atoms with van der Waals surface area (Å²) in [7, 11) is 0. The van der Waals surface area contributed by atoms with Gasteiger partial charge in [0.25, 0.3) is 6.08 Å². The van der Waals surface area contributed by atoms with E-state index in [-0.39, 0.29) is 11.5 Å². The number of halogens is 4. The van der Waals surface area contributed by atoms with Crippen molar-refractivity contribution >= 4 is 16.8 Å². The van der Waals surface area contributed by atoms with Crippen LogP contribution < -0.4 is 0 Å². The Balaban J connectivity index is 1.55. The van der Waals surface area contributed by atoms with Gasteiger partial charge in [0.05, 0.1) is 5.56 Å². The zero-order chi connectivity index (χ0) is 22.7. The highest BCUT2D eigenvalue weighted by Gasteiger charge is 2.17. The Morgan fingerprint density at radius 2 is 1.59 bits per heavy atom. The Bertz CT molecular complexity index is 1230. The molecule has 4 rings (SSSR count). The van der Waals surface area contributed by atoms with Gasteiger partial charge in [-0.25, -0.2) is 8.78 Å². The summed E-state index contributed by atoms with van der Waals surface area (Å²) in [5, 5.41) is 0.407. The molecule has 0 radical (unpaired) electrons. The molecule has 0 atom stereocenters. The lowest BCUT2D eigenvalue weighted by atomic mass is 9.82. The molecular formula is C28H22F4. The third kappa shape index (κ3) is 4.78. The average molecular weight is 434 g/mol. The highest BCUT2D eigenvalue weighted by Crippen LogP contribution is 2.31. The fourth-order valence-corrected chi connectivity index (χ4v) is 4.20. The number of hydrogen-bond acceptors (Lipinski definition) is 0. The second-order valence-electron chi connectivity index (χ2n) is 8.15. The van der Waals surface area contributed by atoms with Crippen LogP contribution >= 0.6 is 0 Å². The van der Waals surface area contributed by atoms with Crippen molar-refractivity contribution in [1.29, 1.82) is 0 Å². The van der Waals surface area contributed by atoms with Crippen LogP contribution in [0, 0.1) is 35.3 Å². The van der Waals surface area contributed by atoms with Crippen LogP contribution in [-0.4, -0.2) is 0 Å². The van der Waals surface area contributed by atoms with Gasteiger partial charge in [-0.2, -0.15) is 8.78 Å². The molecule has 0 aliphatic heterocycles. The average Bonchev–Trinajstić information content (AvgIpc) is 2.80. The predicted molar refractivity (Wildman–Crippen MR) is 122 cm³/mol. The van der Waals surface area contributed by atoms with Crippen molar-refractivity contribution in [1.82, 2.24) is 0 Å². The van der Waals surface area contributed by atoms with E-state index in [9.17, 15) is 17.6 Å². The van der Waals surface area contributed by atoms with Crippen molar-refractivity contribution in [2.45, 2.75) is 25.7 Å². The molecule has 0 unspecified atom stereocenters. The van der Waals surface area contributed by atoms with E-state index in [1.807, 2.05) is 30.3 Å². The highest BCUT2D eigenvalue weighted by atomic mass is 19.3. The van der Waals surface area contributed by atoms with Crippen LogP contribution in [0.3, 0.4) is 0 Å². The van der Waals surface area contributed by atoms with Crippen LogP contribution in [0.2, 0.25) is 0 Å². The summed E-state index contributed by atoms with van der Waals surface area (Å²) in [6.07, 6.45) is 4.59. The van der Waals surface area contributed by atoms with Crippen LogP contribution in [-0.2, 0) is 0 Å². The van der Waals surface area contributed by atoms with Crippen molar-refractivity contribution in [3.8, 4) is 23.0 Å². The molecule has 32 heavy (non-hydrogen) atoms. The SMILES string of the molecule is C=CC1CCC(C#Cc2ccc(-c3ccc4c(F)c(C=C(F)F)c(F)cc4c3)cc2)CC1. The van der Waals surface area contributed by atoms with E-state index < -0.39 is 23.3 Å². The molecule has 0 nitrogen and oxygen atoms in total. The zero-order valence-electron chi connectivity index (χ0n) is 17.5. The molecule has 0 N–H and O–H groups in total. The lowest BCUT2D eigenvalue weighted by molar-refractivity contribution is 0.365. The number of hydrogen-bond donors (Lipinski definition) is 0. The molecule has 1 saturated carbocycles.